The lowest BCUT2D eigenvalue weighted by Crippen LogP contribution is -2.48. The summed E-state index contributed by atoms with van der Waals surface area (Å²) in [6.45, 7) is 8.38. The van der Waals surface area contributed by atoms with Crippen molar-refractivity contribution in [3.05, 3.63) is 0 Å². The maximum Gasteiger partial charge on any atom is 0.308 e. The zero-order chi connectivity index (χ0) is 17.5. The van der Waals surface area contributed by atoms with E-state index in [2.05, 4.69) is 20.5 Å². The van der Waals surface area contributed by atoms with Crippen LogP contribution in [0.25, 0.3) is 0 Å². The van der Waals surface area contributed by atoms with E-state index >= 15 is 0 Å². The maximum atomic E-state index is 11.8. The number of piperidine rings is 1. The summed E-state index contributed by atoms with van der Waals surface area (Å²) in [6, 6.07) is 0. The second kappa shape index (κ2) is 10.7. The van der Waals surface area contributed by atoms with Crippen molar-refractivity contribution in [1.82, 2.24) is 15.5 Å². The van der Waals surface area contributed by atoms with Crippen LogP contribution in [0.3, 0.4) is 0 Å². The molecule has 24 heavy (non-hydrogen) atoms. The molecule has 1 amide bonds. The molecule has 1 rings (SSSR count). The molecule has 1 aliphatic heterocycles. The molecular formula is C16H31IN4O3. The van der Waals surface area contributed by atoms with Gasteiger partial charge in [-0.25, -0.2) is 0 Å². The van der Waals surface area contributed by atoms with Gasteiger partial charge in [0, 0.05) is 38.6 Å². The van der Waals surface area contributed by atoms with Gasteiger partial charge in [-0.3, -0.25) is 14.6 Å². The summed E-state index contributed by atoms with van der Waals surface area (Å²) in [5.74, 6) is 0.699. The number of halogens is 1. The summed E-state index contributed by atoms with van der Waals surface area (Å²) in [4.78, 5) is 29.7. The van der Waals surface area contributed by atoms with E-state index in [-0.39, 0.29) is 47.2 Å². The minimum atomic E-state index is -0.378. The van der Waals surface area contributed by atoms with Gasteiger partial charge in [0.1, 0.15) is 0 Å². The highest BCUT2D eigenvalue weighted by molar-refractivity contribution is 14.0. The van der Waals surface area contributed by atoms with Gasteiger partial charge >= 0.3 is 5.97 Å². The Morgan fingerprint density at radius 3 is 2.17 bits per heavy atom. The van der Waals surface area contributed by atoms with Crippen molar-refractivity contribution in [3.8, 4) is 0 Å². The second-order valence-corrected chi connectivity index (χ2v) is 6.76. The van der Waals surface area contributed by atoms with Gasteiger partial charge in [-0.05, 0) is 12.8 Å². The molecule has 0 atom stereocenters. The number of hydrogen-bond acceptors (Lipinski definition) is 4. The monoisotopic (exact) mass is 454 g/mol. The fourth-order valence-electron chi connectivity index (χ4n) is 2.44. The molecule has 0 aromatic carbocycles. The Morgan fingerprint density at radius 1 is 1.17 bits per heavy atom. The number of carbonyl (C=O) groups excluding carboxylic acids is 2. The van der Waals surface area contributed by atoms with Crippen LogP contribution in [0, 0.1) is 11.3 Å². The number of nitrogens with one attached hydrogen (secondary N) is 2. The van der Waals surface area contributed by atoms with Crippen LogP contribution in [0.5, 0.6) is 0 Å². The first-order valence-corrected chi connectivity index (χ1v) is 8.11. The molecule has 1 fully saturated rings. The molecule has 1 aliphatic rings. The van der Waals surface area contributed by atoms with Crippen LogP contribution in [0.1, 0.15) is 33.6 Å². The first-order valence-electron chi connectivity index (χ1n) is 8.11. The van der Waals surface area contributed by atoms with E-state index in [9.17, 15) is 9.59 Å². The third-order valence-electron chi connectivity index (χ3n) is 3.92. The van der Waals surface area contributed by atoms with Gasteiger partial charge in [-0.15, -0.1) is 24.0 Å². The number of guanidine groups is 1. The Kier molecular flexibility index (Phi) is 10.3. The third kappa shape index (κ3) is 7.23. The van der Waals surface area contributed by atoms with Crippen LogP contribution in [-0.2, 0) is 14.3 Å². The van der Waals surface area contributed by atoms with Crippen molar-refractivity contribution in [2.24, 2.45) is 16.3 Å². The molecule has 1 heterocycles. The van der Waals surface area contributed by atoms with E-state index in [1.54, 1.807) is 7.05 Å². The van der Waals surface area contributed by atoms with E-state index in [1.165, 1.54) is 7.11 Å². The van der Waals surface area contributed by atoms with Gasteiger partial charge in [0.2, 0.25) is 5.91 Å². The summed E-state index contributed by atoms with van der Waals surface area (Å²) >= 11 is 0. The zero-order valence-electron chi connectivity index (χ0n) is 15.3. The lowest BCUT2D eigenvalue weighted by atomic mass is 9.96. The van der Waals surface area contributed by atoms with Crippen LogP contribution in [0.2, 0.25) is 0 Å². The smallest absolute Gasteiger partial charge is 0.308 e. The third-order valence-corrected chi connectivity index (χ3v) is 3.92. The fraction of sp³-hybridized carbons (Fsp3) is 0.812. The molecule has 8 heteroatoms. The SMILES string of the molecule is CN=C(NCCNC(=O)C(C)(C)C)N1CCC(C(=O)OC)CC1.I. The largest absolute Gasteiger partial charge is 0.469 e. The summed E-state index contributed by atoms with van der Waals surface area (Å²) in [6.07, 6.45) is 1.54. The highest BCUT2D eigenvalue weighted by atomic mass is 127. The molecule has 0 aromatic rings. The van der Waals surface area contributed by atoms with Crippen LogP contribution < -0.4 is 10.6 Å². The Hall–Kier alpha value is -1.06. The fourth-order valence-corrected chi connectivity index (χ4v) is 2.44. The molecule has 2 N–H and O–H groups in total. The molecule has 1 saturated heterocycles. The van der Waals surface area contributed by atoms with Crippen molar-refractivity contribution in [2.45, 2.75) is 33.6 Å². The maximum absolute atomic E-state index is 11.8. The van der Waals surface area contributed by atoms with Gasteiger partial charge < -0.3 is 20.3 Å². The molecule has 0 aliphatic carbocycles. The van der Waals surface area contributed by atoms with Crippen molar-refractivity contribution in [2.75, 3.05) is 40.3 Å². The predicted octanol–water partition coefficient (Wildman–Crippen LogP) is 1.23. The number of esters is 1. The standard InChI is InChI=1S/C16H30N4O3.HI/c1-16(2,3)14(22)18-8-9-19-15(17-4)20-10-6-12(7-11-20)13(21)23-5;/h12H,6-11H2,1-5H3,(H,17,19)(H,18,22);1H. The van der Waals surface area contributed by atoms with E-state index in [0.29, 0.717) is 13.1 Å². The second-order valence-electron chi connectivity index (χ2n) is 6.76. The van der Waals surface area contributed by atoms with Gasteiger partial charge in [-0.2, -0.15) is 0 Å². The molecule has 0 aromatic heterocycles. The number of hydrogen-bond donors (Lipinski definition) is 2. The van der Waals surface area contributed by atoms with Crippen molar-refractivity contribution < 1.29 is 14.3 Å². The summed E-state index contributed by atoms with van der Waals surface area (Å²) in [5.41, 5.74) is -0.378. The molecule has 0 radical (unpaired) electrons. The normalized spacial score (nSPS) is 16.2. The molecule has 0 saturated carbocycles. The molecule has 7 nitrogen and oxygen atoms in total. The van der Waals surface area contributed by atoms with E-state index in [1.807, 2.05) is 20.8 Å². The first-order chi connectivity index (χ1) is 10.8. The van der Waals surface area contributed by atoms with E-state index < -0.39 is 0 Å². The van der Waals surface area contributed by atoms with Gasteiger partial charge in [0.15, 0.2) is 5.96 Å². The number of amides is 1. The van der Waals surface area contributed by atoms with Gasteiger partial charge in [0.05, 0.1) is 13.0 Å². The van der Waals surface area contributed by atoms with Crippen molar-refractivity contribution >= 4 is 41.8 Å². The summed E-state index contributed by atoms with van der Waals surface area (Å²) in [5, 5.41) is 6.15. The predicted molar refractivity (Wildman–Crippen MR) is 106 cm³/mol. The summed E-state index contributed by atoms with van der Waals surface area (Å²) in [7, 11) is 3.17. The molecule has 140 valence electrons. The molecule has 0 bridgehead atoms. The first kappa shape index (κ1) is 22.9. The lowest BCUT2D eigenvalue weighted by Gasteiger charge is -2.33. The van der Waals surface area contributed by atoms with Crippen LogP contribution >= 0.6 is 24.0 Å². The number of nitrogens with zero attached hydrogens (tertiary/aromatic N) is 2. The Morgan fingerprint density at radius 2 is 1.71 bits per heavy atom. The van der Waals surface area contributed by atoms with Crippen LogP contribution in [-0.4, -0.2) is 63.1 Å². The van der Waals surface area contributed by atoms with Crippen molar-refractivity contribution in [3.63, 3.8) is 0 Å². The number of rotatable bonds is 4. The number of carbonyl (C=O) groups is 2. The van der Waals surface area contributed by atoms with Gasteiger partial charge in [0.25, 0.3) is 0 Å². The number of likely N-dealkylation sites (tertiary alicyclic amines) is 1. The highest BCUT2D eigenvalue weighted by Crippen LogP contribution is 2.18. The van der Waals surface area contributed by atoms with Crippen LogP contribution in [0.15, 0.2) is 4.99 Å². The van der Waals surface area contributed by atoms with E-state index in [4.69, 9.17) is 4.74 Å². The molecule has 0 spiro atoms. The lowest BCUT2D eigenvalue weighted by molar-refractivity contribution is -0.146. The zero-order valence-corrected chi connectivity index (χ0v) is 17.7. The van der Waals surface area contributed by atoms with Crippen LogP contribution in [0.4, 0.5) is 0 Å². The average molecular weight is 454 g/mol. The number of methoxy groups -OCH3 is 1. The molecule has 0 unspecified atom stereocenters. The topological polar surface area (TPSA) is 83.0 Å². The Balaban J connectivity index is 0.00000529. The minimum Gasteiger partial charge on any atom is -0.469 e. The minimum absolute atomic E-state index is 0. The highest BCUT2D eigenvalue weighted by Gasteiger charge is 2.27. The summed E-state index contributed by atoms with van der Waals surface area (Å²) < 4.78 is 4.80. The Labute approximate surface area is 162 Å². The average Bonchev–Trinajstić information content (AvgIpc) is 2.53. The van der Waals surface area contributed by atoms with E-state index in [0.717, 1.165) is 31.9 Å². The quantitative estimate of drug-likeness (QED) is 0.220. The van der Waals surface area contributed by atoms with Gasteiger partial charge in [-0.1, -0.05) is 20.8 Å². The number of aliphatic imine (C=N–C) groups is 1. The number of ether oxygens (including phenoxy) is 1. The molecular weight excluding hydrogens is 423 g/mol. The Bertz CT molecular complexity index is 441. The van der Waals surface area contributed by atoms with Crippen molar-refractivity contribution in [1.29, 1.82) is 0 Å².